The van der Waals surface area contributed by atoms with Crippen LogP contribution < -0.4 is 10.3 Å². The average Bonchev–Trinajstić information content (AvgIpc) is 3.37. The summed E-state index contributed by atoms with van der Waals surface area (Å²) in [4.78, 5) is 16.5. The van der Waals surface area contributed by atoms with E-state index in [1.165, 1.54) is 42.9 Å². The van der Waals surface area contributed by atoms with Crippen LogP contribution in [0.15, 0.2) is 94.9 Å². The Kier molecular flexibility index (Phi) is 7.79. The lowest BCUT2D eigenvalue weighted by Gasteiger charge is -2.26. The number of aryl methyl sites for hydroxylation is 1. The van der Waals surface area contributed by atoms with Crippen LogP contribution in [0.3, 0.4) is 0 Å². The summed E-state index contributed by atoms with van der Waals surface area (Å²) in [5, 5.41) is 11.2. The lowest BCUT2D eigenvalue weighted by molar-refractivity contribution is -0.258. The molecule has 1 unspecified atom stereocenters. The number of alkyl halides is 3. The van der Waals surface area contributed by atoms with Gasteiger partial charge in [0.15, 0.2) is 5.60 Å². The molecular formula is C29H23ClF3N3O4S2. The van der Waals surface area contributed by atoms with Gasteiger partial charge in [-0.3, -0.25) is 9.78 Å². The Bertz CT molecular complexity index is 1970. The standard InChI is InChI=1S/C29H23ClF3N3O4S2/c1-28(38,29(31,32)33)18-12-13-34-23(15-18)21-8-5-6-17-14-24(41-27(17)21)26(20-7-3-4-9-22(20)30)35-42(39,40)19-10-11-25(37)36(2)16-19/h3-16,26,35,38H,1-2H3/t26?,28-/m1/s1. The number of aliphatic hydroxyl groups is 1. The van der Waals surface area contributed by atoms with E-state index in [4.69, 9.17) is 11.6 Å². The normalized spacial score (nSPS) is 14.5. The van der Waals surface area contributed by atoms with Crippen molar-refractivity contribution in [1.29, 1.82) is 0 Å². The fourth-order valence-corrected chi connectivity index (χ4v) is 7.22. The molecule has 42 heavy (non-hydrogen) atoms. The van der Waals surface area contributed by atoms with Crippen molar-refractivity contribution in [3.8, 4) is 11.3 Å². The lowest BCUT2D eigenvalue weighted by Crippen LogP contribution is -2.39. The Balaban J connectivity index is 1.64. The summed E-state index contributed by atoms with van der Waals surface area (Å²) in [6, 6.07) is 17.4. The summed E-state index contributed by atoms with van der Waals surface area (Å²) >= 11 is 7.74. The van der Waals surface area contributed by atoms with Crippen LogP contribution in [0.5, 0.6) is 0 Å². The van der Waals surface area contributed by atoms with Gasteiger partial charge >= 0.3 is 6.18 Å². The molecule has 3 aromatic heterocycles. The molecule has 2 aromatic carbocycles. The number of sulfonamides is 1. The van der Waals surface area contributed by atoms with E-state index in [1.54, 1.807) is 48.5 Å². The first-order chi connectivity index (χ1) is 19.7. The number of benzene rings is 2. The van der Waals surface area contributed by atoms with Gasteiger partial charge in [-0.1, -0.05) is 48.0 Å². The zero-order valence-electron chi connectivity index (χ0n) is 22.1. The fraction of sp³-hybridized carbons (Fsp3) is 0.172. The number of halogens is 4. The molecule has 3 heterocycles. The molecule has 0 saturated heterocycles. The Hall–Kier alpha value is -3.55. The number of rotatable bonds is 7. The Morgan fingerprint density at radius 2 is 1.79 bits per heavy atom. The Morgan fingerprint density at radius 3 is 2.48 bits per heavy atom. The monoisotopic (exact) mass is 633 g/mol. The van der Waals surface area contributed by atoms with Gasteiger partial charge in [-0.2, -0.15) is 17.9 Å². The molecule has 0 radical (unpaired) electrons. The van der Waals surface area contributed by atoms with Crippen LogP contribution in [0.1, 0.15) is 29.0 Å². The third-order valence-electron chi connectivity index (χ3n) is 6.86. The summed E-state index contributed by atoms with van der Waals surface area (Å²) in [5.41, 5.74) is -2.65. The first-order valence-corrected chi connectivity index (χ1v) is 15.1. The minimum absolute atomic E-state index is 0.124. The van der Waals surface area contributed by atoms with E-state index in [1.807, 2.05) is 0 Å². The van der Waals surface area contributed by atoms with Gasteiger partial charge in [-0.05, 0) is 53.8 Å². The number of fused-ring (bicyclic) bond motifs is 1. The Morgan fingerprint density at radius 1 is 1.05 bits per heavy atom. The first kappa shape index (κ1) is 29.9. The van der Waals surface area contributed by atoms with Gasteiger partial charge in [0, 0.05) is 45.7 Å². The van der Waals surface area contributed by atoms with Crippen molar-refractivity contribution in [2.24, 2.45) is 7.05 Å². The van der Waals surface area contributed by atoms with Gasteiger partial charge < -0.3 is 9.67 Å². The van der Waals surface area contributed by atoms with Gasteiger partial charge in [0.2, 0.25) is 15.6 Å². The third kappa shape index (κ3) is 5.60. The fourth-order valence-electron chi connectivity index (χ4n) is 4.41. The van der Waals surface area contributed by atoms with Crippen molar-refractivity contribution < 1.29 is 26.7 Å². The molecule has 2 atom stereocenters. The maximum absolute atomic E-state index is 13.5. The average molecular weight is 634 g/mol. The van der Waals surface area contributed by atoms with E-state index < -0.39 is 27.8 Å². The van der Waals surface area contributed by atoms with E-state index in [-0.39, 0.29) is 21.7 Å². The molecule has 0 saturated carbocycles. The quantitative estimate of drug-likeness (QED) is 0.224. The number of nitrogens with zero attached hydrogens (tertiary/aromatic N) is 2. The zero-order chi connectivity index (χ0) is 30.4. The molecule has 5 rings (SSSR count). The number of aromatic nitrogens is 2. The summed E-state index contributed by atoms with van der Waals surface area (Å²) in [6.07, 6.45) is -2.49. The van der Waals surface area contributed by atoms with Crippen LogP contribution >= 0.6 is 22.9 Å². The van der Waals surface area contributed by atoms with Gasteiger partial charge in [-0.15, -0.1) is 11.3 Å². The van der Waals surface area contributed by atoms with Crippen molar-refractivity contribution in [1.82, 2.24) is 14.3 Å². The third-order valence-corrected chi connectivity index (χ3v) is 9.86. The number of nitrogens with one attached hydrogen (secondary N) is 1. The van der Waals surface area contributed by atoms with Crippen LogP contribution in [-0.4, -0.2) is 29.3 Å². The molecule has 0 aliphatic carbocycles. The van der Waals surface area contributed by atoms with Gasteiger partial charge in [0.1, 0.15) is 0 Å². The molecule has 5 aromatic rings. The maximum Gasteiger partial charge on any atom is 0.421 e. The van der Waals surface area contributed by atoms with E-state index in [9.17, 15) is 31.5 Å². The van der Waals surface area contributed by atoms with Crippen LogP contribution in [-0.2, 0) is 22.7 Å². The predicted octanol–water partition coefficient (Wildman–Crippen LogP) is 6.15. The first-order valence-electron chi connectivity index (χ1n) is 12.4. The summed E-state index contributed by atoms with van der Waals surface area (Å²) in [7, 11) is -2.71. The van der Waals surface area contributed by atoms with Crippen LogP contribution in [0.25, 0.3) is 21.3 Å². The number of hydrogen-bond donors (Lipinski definition) is 2. The molecule has 0 spiro atoms. The van der Waals surface area contributed by atoms with Gasteiger partial charge in [0.05, 0.1) is 16.6 Å². The summed E-state index contributed by atoms with van der Waals surface area (Å²) in [5.74, 6) is 0. The molecule has 218 valence electrons. The van der Waals surface area contributed by atoms with Crippen LogP contribution in [0.4, 0.5) is 13.2 Å². The maximum atomic E-state index is 13.5. The summed E-state index contributed by atoms with van der Waals surface area (Å²) < 4.78 is 72.1. The van der Waals surface area contributed by atoms with Crippen LogP contribution in [0.2, 0.25) is 5.02 Å². The highest BCUT2D eigenvalue weighted by atomic mass is 35.5. The van der Waals surface area contributed by atoms with E-state index in [0.29, 0.717) is 38.0 Å². The SMILES string of the molecule is Cn1cc(S(=O)(=O)NC(c2cc3cccc(-c4cc([C@@](C)(O)C(F)(F)F)ccn4)c3s2)c2ccccc2Cl)ccc1=O. The zero-order valence-corrected chi connectivity index (χ0v) is 24.4. The van der Waals surface area contributed by atoms with Crippen molar-refractivity contribution in [2.75, 3.05) is 0 Å². The van der Waals surface area contributed by atoms with Gasteiger partial charge in [0.25, 0.3) is 0 Å². The molecule has 0 aliphatic rings. The minimum atomic E-state index is -4.90. The summed E-state index contributed by atoms with van der Waals surface area (Å²) in [6.45, 7) is 0.681. The Labute approximate surface area is 247 Å². The second kappa shape index (κ2) is 10.9. The predicted molar refractivity (Wildman–Crippen MR) is 156 cm³/mol. The highest BCUT2D eigenvalue weighted by Gasteiger charge is 2.51. The van der Waals surface area contributed by atoms with Crippen molar-refractivity contribution in [3.05, 3.63) is 117 Å². The number of hydrogen-bond acceptors (Lipinski definition) is 6. The second-order valence-electron chi connectivity index (χ2n) is 9.76. The smallest absolute Gasteiger partial charge is 0.376 e. The molecule has 0 amide bonds. The topological polar surface area (TPSA) is 101 Å². The van der Waals surface area contributed by atoms with E-state index in [0.717, 1.165) is 16.7 Å². The number of pyridine rings is 2. The molecule has 0 aliphatic heterocycles. The second-order valence-corrected chi connectivity index (χ2v) is 13.0. The molecule has 0 bridgehead atoms. The largest absolute Gasteiger partial charge is 0.421 e. The highest BCUT2D eigenvalue weighted by Crippen LogP contribution is 2.42. The van der Waals surface area contributed by atoms with Crippen molar-refractivity contribution in [3.63, 3.8) is 0 Å². The highest BCUT2D eigenvalue weighted by molar-refractivity contribution is 7.89. The molecule has 2 N–H and O–H groups in total. The van der Waals surface area contributed by atoms with Gasteiger partial charge in [-0.25, -0.2) is 8.42 Å². The molecule has 7 nitrogen and oxygen atoms in total. The molecule has 13 heteroatoms. The van der Waals surface area contributed by atoms with Crippen LogP contribution in [0, 0.1) is 0 Å². The van der Waals surface area contributed by atoms with E-state index in [2.05, 4.69) is 9.71 Å². The van der Waals surface area contributed by atoms with Crippen molar-refractivity contribution >= 4 is 43.0 Å². The molecular weight excluding hydrogens is 611 g/mol. The lowest BCUT2D eigenvalue weighted by atomic mass is 9.94. The van der Waals surface area contributed by atoms with Crippen molar-refractivity contribution in [2.45, 2.75) is 29.6 Å². The minimum Gasteiger partial charge on any atom is -0.376 e. The number of thiophene rings is 1. The van der Waals surface area contributed by atoms with E-state index >= 15 is 0 Å². The molecule has 0 fully saturated rings.